The lowest BCUT2D eigenvalue weighted by atomic mass is 10.1. The molecule has 0 radical (unpaired) electrons. The van der Waals surface area contributed by atoms with Gasteiger partial charge in [0.1, 0.15) is 12.7 Å². The lowest BCUT2D eigenvalue weighted by Gasteiger charge is -2.23. The molecular formula is C22H24N6O. The van der Waals surface area contributed by atoms with Crippen LogP contribution in [0.4, 0.5) is 0 Å². The molecule has 2 aromatic carbocycles. The molecule has 0 amide bonds. The normalized spacial score (nSPS) is 12.4. The monoisotopic (exact) mass is 388 g/mol. The van der Waals surface area contributed by atoms with Crippen LogP contribution in [0, 0.1) is 0 Å². The maximum Gasteiger partial charge on any atom is 0.241 e. The Labute approximate surface area is 170 Å². The van der Waals surface area contributed by atoms with E-state index < -0.39 is 0 Å². The van der Waals surface area contributed by atoms with Gasteiger partial charge in [-0.05, 0) is 43.7 Å². The number of benzene rings is 2. The van der Waals surface area contributed by atoms with Gasteiger partial charge in [0, 0.05) is 11.6 Å². The zero-order valence-corrected chi connectivity index (χ0v) is 16.9. The molecule has 1 unspecified atom stereocenters. The van der Waals surface area contributed by atoms with Crippen LogP contribution in [-0.4, -0.2) is 36.9 Å². The molecule has 7 heteroatoms. The highest BCUT2D eigenvalue weighted by atomic mass is 16.5. The van der Waals surface area contributed by atoms with Gasteiger partial charge in [0.15, 0.2) is 0 Å². The zero-order chi connectivity index (χ0) is 20.2. The van der Waals surface area contributed by atoms with Gasteiger partial charge in [-0.3, -0.25) is 4.90 Å². The molecule has 0 aliphatic rings. The van der Waals surface area contributed by atoms with Crippen molar-refractivity contribution in [2.24, 2.45) is 0 Å². The van der Waals surface area contributed by atoms with Crippen molar-refractivity contribution in [1.82, 2.24) is 29.8 Å². The lowest BCUT2D eigenvalue weighted by molar-refractivity contribution is 0.216. The predicted molar refractivity (Wildman–Crippen MR) is 110 cm³/mol. The predicted octanol–water partition coefficient (Wildman–Crippen LogP) is 4.07. The van der Waals surface area contributed by atoms with E-state index in [2.05, 4.69) is 70.3 Å². The highest BCUT2D eigenvalue weighted by Gasteiger charge is 2.16. The average molecular weight is 388 g/mol. The molecule has 29 heavy (non-hydrogen) atoms. The number of rotatable bonds is 7. The number of hydrogen-bond donors (Lipinski definition) is 0. The summed E-state index contributed by atoms with van der Waals surface area (Å²) in [5, 5.41) is 8.30. The van der Waals surface area contributed by atoms with Gasteiger partial charge in [0.2, 0.25) is 11.7 Å². The first-order valence-electron chi connectivity index (χ1n) is 9.71. The summed E-state index contributed by atoms with van der Waals surface area (Å²) in [7, 11) is 2.05. The Balaban J connectivity index is 1.42. The molecule has 2 heterocycles. The fourth-order valence-electron chi connectivity index (χ4n) is 3.18. The molecule has 0 spiro atoms. The summed E-state index contributed by atoms with van der Waals surface area (Å²) in [4.78, 5) is 10.7. The topological polar surface area (TPSA) is 72.9 Å². The summed E-state index contributed by atoms with van der Waals surface area (Å²) in [6.45, 7) is 4.87. The maximum absolute atomic E-state index is 5.48. The molecule has 0 fully saturated rings. The summed E-state index contributed by atoms with van der Waals surface area (Å²) in [5.41, 5.74) is 4.44. The van der Waals surface area contributed by atoms with Crippen molar-refractivity contribution in [2.45, 2.75) is 32.9 Å². The van der Waals surface area contributed by atoms with Crippen molar-refractivity contribution in [3.05, 3.63) is 78.2 Å². The summed E-state index contributed by atoms with van der Waals surface area (Å²) >= 11 is 0. The van der Waals surface area contributed by atoms with Crippen LogP contribution in [-0.2, 0) is 13.0 Å². The fraction of sp³-hybridized carbons (Fsp3) is 0.273. The molecule has 2 aromatic heterocycles. The van der Waals surface area contributed by atoms with Gasteiger partial charge < -0.3 is 4.52 Å². The van der Waals surface area contributed by atoms with E-state index in [9.17, 15) is 0 Å². The van der Waals surface area contributed by atoms with Crippen LogP contribution in [0.5, 0.6) is 0 Å². The first kappa shape index (κ1) is 19.0. The van der Waals surface area contributed by atoms with E-state index in [1.807, 2.05) is 24.3 Å². The van der Waals surface area contributed by atoms with E-state index in [1.165, 1.54) is 17.5 Å². The van der Waals surface area contributed by atoms with E-state index in [1.54, 1.807) is 11.0 Å². The third-order valence-corrected chi connectivity index (χ3v) is 5.19. The second-order valence-corrected chi connectivity index (χ2v) is 7.08. The van der Waals surface area contributed by atoms with Crippen LogP contribution in [0.3, 0.4) is 0 Å². The van der Waals surface area contributed by atoms with Crippen LogP contribution in [0.2, 0.25) is 0 Å². The quantitative estimate of drug-likeness (QED) is 0.475. The SMILES string of the molecule is CCc1ccc(-c2noc(CN(C)C(C)c3ccc(-n4cncn4)cc3)n2)cc1. The van der Waals surface area contributed by atoms with Crippen LogP contribution in [0.15, 0.2) is 65.7 Å². The number of nitrogens with zero attached hydrogens (tertiary/aromatic N) is 6. The second kappa shape index (κ2) is 8.36. The molecule has 0 saturated carbocycles. The fourth-order valence-corrected chi connectivity index (χ4v) is 3.18. The smallest absolute Gasteiger partial charge is 0.241 e. The zero-order valence-electron chi connectivity index (χ0n) is 16.9. The second-order valence-electron chi connectivity index (χ2n) is 7.08. The van der Waals surface area contributed by atoms with Crippen molar-refractivity contribution in [1.29, 1.82) is 0 Å². The largest absolute Gasteiger partial charge is 0.338 e. The molecule has 4 aromatic rings. The number of aryl methyl sites for hydroxylation is 1. The Kier molecular flexibility index (Phi) is 5.48. The van der Waals surface area contributed by atoms with E-state index in [-0.39, 0.29) is 6.04 Å². The van der Waals surface area contributed by atoms with E-state index in [0.717, 1.165) is 17.7 Å². The molecule has 0 aliphatic carbocycles. The Bertz CT molecular complexity index is 1040. The molecule has 0 saturated heterocycles. The van der Waals surface area contributed by atoms with Crippen molar-refractivity contribution in [3.8, 4) is 17.1 Å². The molecule has 1 atom stereocenters. The lowest BCUT2D eigenvalue weighted by Crippen LogP contribution is -2.22. The minimum atomic E-state index is 0.194. The first-order chi connectivity index (χ1) is 14.1. The molecule has 0 bridgehead atoms. The molecule has 7 nitrogen and oxygen atoms in total. The Hall–Kier alpha value is -3.32. The van der Waals surface area contributed by atoms with Gasteiger partial charge in [-0.1, -0.05) is 48.5 Å². The third kappa shape index (κ3) is 4.25. The Morgan fingerprint density at radius 3 is 2.48 bits per heavy atom. The van der Waals surface area contributed by atoms with Crippen molar-refractivity contribution in [3.63, 3.8) is 0 Å². The van der Waals surface area contributed by atoms with Crippen LogP contribution < -0.4 is 0 Å². The summed E-state index contributed by atoms with van der Waals surface area (Å²) in [6.07, 6.45) is 4.23. The summed E-state index contributed by atoms with van der Waals surface area (Å²) in [6, 6.07) is 16.8. The standard InChI is InChI=1S/C22H24N6O/c1-4-17-5-7-19(8-6-17)22-25-21(29-26-22)13-27(3)16(2)18-9-11-20(12-10-18)28-15-23-14-24-28/h5-12,14-16H,4,13H2,1-3H3. The number of aromatic nitrogens is 5. The van der Waals surface area contributed by atoms with E-state index in [0.29, 0.717) is 18.3 Å². The highest BCUT2D eigenvalue weighted by molar-refractivity contribution is 5.54. The first-order valence-corrected chi connectivity index (χ1v) is 9.71. The van der Waals surface area contributed by atoms with Crippen molar-refractivity contribution >= 4 is 0 Å². The maximum atomic E-state index is 5.48. The van der Waals surface area contributed by atoms with Crippen molar-refractivity contribution < 1.29 is 4.52 Å². The molecule has 4 rings (SSSR count). The number of hydrogen-bond acceptors (Lipinski definition) is 6. The van der Waals surface area contributed by atoms with Gasteiger partial charge in [-0.25, -0.2) is 9.67 Å². The van der Waals surface area contributed by atoms with E-state index >= 15 is 0 Å². The van der Waals surface area contributed by atoms with Crippen LogP contribution >= 0.6 is 0 Å². The van der Waals surface area contributed by atoms with E-state index in [4.69, 9.17) is 4.52 Å². The van der Waals surface area contributed by atoms with Gasteiger partial charge in [0.25, 0.3) is 0 Å². The molecule has 0 aliphatic heterocycles. The Morgan fingerprint density at radius 1 is 1.07 bits per heavy atom. The third-order valence-electron chi connectivity index (χ3n) is 5.19. The molecule has 148 valence electrons. The Morgan fingerprint density at radius 2 is 1.83 bits per heavy atom. The summed E-state index contributed by atoms with van der Waals surface area (Å²) < 4.78 is 7.22. The van der Waals surface area contributed by atoms with Crippen LogP contribution in [0.1, 0.15) is 36.9 Å². The highest BCUT2D eigenvalue weighted by Crippen LogP contribution is 2.23. The average Bonchev–Trinajstić information content (AvgIpc) is 3.46. The minimum absolute atomic E-state index is 0.194. The minimum Gasteiger partial charge on any atom is -0.338 e. The van der Waals surface area contributed by atoms with Crippen molar-refractivity contribution in [2.75, 3.05) is 7.05 Å². The van der Waals surface area contributed by atoms with Gasteiger partial charge in [-0.15, -0.1) is 0 Å². The van der Waals surface area contributed by atoms with Gasteiger partial charge in [0.05, 0.1) is 12.2 Å². The van der Waals surface area contributed by atoms with Gasteiger partial charge >= 0.3 is 0 Å². The molecule has 0 N–H and O–H groups in total. The van der Waals surface area contributed by atoms with Crippen LogP contribution in [0.25, 0.3) is 17.1 Å². The molecular weight excluding hydrogens is 364 g/mol. The summed E-state index contributed by atoms with van der Waals surface area (Å²) in [5.74, 6) is 1.23. The van der Waals surface area contributed by atoms with Gasteiger partial charge in [-0.2, -0.15) is 10.1 Å².